The molecule has 0 unspecified atom stereocenters. The first kappa shape index (κ1) is 11.9. The fourth-order valence-electron chi connectivity index (χ4n) is 1.11. The number of unbranched alkanes of at least 4 members (excludes halogenated alkanes) is 1. The van der Waals surface area contributed by atoms with Gasteiger partial charge in [-0.05, 0) is 24.3 Å². The summed E-state index contributed by atoms with van der Waals surface area (Å²) in [5.41, 5.74) is 6.21. The average molecular weight is 224 g/mol. The van der Waals surface area contributed by atoms with Gasteiger partial charge < -0.3 is 10.9 Å². The number of oxime groups is 1. The Kier molecular flexibility index (Phi) is 5.04. The summed E-state index contributed by atoms with van der Waals surface area (Å²) in [6.45, 7) is 2.18. The molecule has 0 spiro atoms. The lowest BCUT2D eigenvalue weighted by molar-refractivity contribution is 0.318. The highest BCUT2D eigenvalue weighted by atomic mass is 32.2. The van der Waals surface area contributed by atoms with Crippen LogP contribution in [0, 0.1) is 0 Å². The molecule has 1 rings (SSSR count). The van der Waals surface area contributed by atoms with E-state index in [1.54, 1.807) is 0 Å². The maximum atomic E-state index is 8.49. The van der Waals surface area contributed by atoms with E-state index >= 15 is 0 Å². The zero-order chi connectivity index (χ0) is 11.1. The molecule has 0 aromatic heterocycles. The summed E-state index contributed by atoms with van der Waals surface area (Å²) in [6, 6.07) is 7.72. The maximum absolute atomic E-state index is 8.49. The minimum atomic E-state index is 0.153. The number of nitrogens with zero attached hydrogens (tertiary/aromatic N) is 1. The van der Waals surface area contributed by atoms with Crippen LogP contribution in [0.15, 0.2) is 34.3 Å². The van der Waals surface area contributed by atoms with Crippen LogP contribution in [0.3, 0.4) is 0 Å². The Bertz CT molecular complexity index is 322. The third kappa shape index (κ3) is 3.83. The molecule has 0 bridgehead atoms. The lowest BCUT2D eigenvalue weighted by Crippen LogP contribution is -2.12. The Morgan fingerprint density at radius 1 is 1.40 bits per heavy atom. The van der Waals surface area contributed by atoms with Gasteiger partial charge in [-0.2, -0.15) is 0 Å². The van der Waals surface area contributed by atoms with Crippen molar-refractivity contribution in [2.45, 2.75) is 24.7 Å². The van der Waals surface area contributed by atoms with Gasteiger partial charge in [0.2, 0.25) is 0 Å². The number of benzene rings is 1. The first-order valence-electron chi connectivity index (χ1n) is 4.98. The van der Waals surface area contributed by atoms with Gasteiger partial charge in [0.1, 0.15) is 0 Å². The highest BCUT2D eigenvalue weighted by molar-refractivity contribution is 7.99. The smallest absolute Gasteiger partial charge is 0.170 e. The van der Waals surface area contributed by atoms with Crippen molar-refractivity contribution in [1.82, 2.24) is 0 Å². The number of thioether (sulfide) groups is 1. The summed E-state index contributed by atoms with van der Waals surface area (Å²) < 4.78 is 0. The molecular formula is C11H16N2OS. The van der Waals surface area contributed by atoms with E-state index in [4.69, 9.17) is 10.9 Å². The summed E-state index contributed by atoms with van der Waals surface area (Å²) >= 11 is 1.83. The molecule has 3 nitrogen and oxygen atoms in total. The summed E-state index contributed by atoms with van der Waals surface area (Å²) in [5, 5.41) is 11.4. The molecule has 4 heteroatoms. The number of nitrogens with two attached hydrogens (primary N) is 1. The van der Waals surface area contributed by atoms with Gasteiger partial charge >= 0.3 is 0 Å². The van der Waals surface area contributed by atoms with Crippen LogP contribution in [-0.4, -0.2) is 16.8 Å². The minimum absolute atomic E-state index is 0.153. The zero-order valence-corrected chi connectivity index (χ0v) is 9.63. The lowest BCUT2D eigenvalue weighted by atomic mass is 10.2. The molecule has 82 valence electrons. The van der Waals surface area contributed by atoms with Crippen LogP contribution in [0.5, 0.6) is 0 Å². The summed E-state index contributed by atoms with van der Waals surface area (Å²) in [7, 11) is 0. The van der Waals surface area contributed by atoms with Crippen molar-refractivity contribution in [3.05, 3.63) is 29.8 Å². The van der Waals surface area contributed by atoms with Crippen LogP contribution < -0.4 is 5.73 Å². The number of hydrogen-bond acceptors (Lipinski definition) is 3. The molecule has 0 atom stereocenters. The van der Waals surface area contributed by atoms with E-state index in [0.717, 1.165) is 11.3 Å². The predicted octanol–water partition coefficient (Wildman–Crippen LogP) is 2.67. The van der Waals surface area contributed by atoms with Crippen LogP contribution in [-0.2, 0) is 0 Å². The van der Waals surface area contributed by atoms with Gasteiger partial charge in [0, 0.05) is 10.5 Å². The Hall–Kier alpha value is -1.16. The van der Waals surface area contributed by atoms with Gasteiger partial charge in [0.05, 0.1) is 0 Å². The van der Waals surface area contributed by atoms with Crippen molar-refractivity contribution in [3.63, 3.8) is 0 Å². The predicted molar refractivity (Wildman–Crippen MR) is 64.6 cm³/mol. The first-order valence-corrected chi connectivity index (χ1v) is 5.97. The Morgan fingerprint density at radius 2 is 2.07 bits per heavy atom. The Labute approximate surface area is 94.4 Å². The molecular weight excluding hydrogens is 208 g/mol. The molecule has 3 N–H and O–H groups in total. The fourth-order valence-corrected chi connectivity index (χ4v) is 2.11. The van der Waals surface area contributed by atoms with E-state index in [0.29, 0.717) is 0 Å². The number of hydrogen-bond donors (Lipinski definition) is 2. The third-order valence-electron chi connectivity index (χ3n) is 2.02. The Balaban J connectivity index is 2.56. The molecule has 0 saturated carbocycles. The number of rotatable bonds is 5. The monoisotopic (exact) mass is 224 g/mol. The molecule has 0 aliphatic heterocycles. The molecule has 0 aliphatic rings. The summed E-state index contributed by atoms with van der Waals surface area (Å²) in [5.74, 6) is 1.29. The fraction of sp³-hybridized carbons (Fsp3) is 0.364. The second kappa shape index (κ2) is 6.35. The Morgan fingerprint density at radius 3 is 2.60 bits per heavy atom. The van der Waals surface area contributed by atoms with Gasteiger partial charge in [-0.1, -0.05) is 30.6 Å². The molecule has 0 saturated heterocycles. The van der Waals surface area contributed by atoms with Crippen molar-refractivity contribution < 1.29 is 5.21 Å². The first-order chi connectivity index (χ1) is 7.27. The van der Waals surface area contributed by atoms with Crippen LogP contribution in [0.25, 0.3) is 0 Å². The van der Waals surface area contributed by atoms with Gasteiger partial charge in [-0.15, -0.1) is 11.8 Å². The second-order valence-electron chi connectivity index (χ2n) is 3.21. The standard InChI is InChI=1S/C11H16N2OS/c1-2-3-8-15-10-6-4-9(5-7-10)11(12)13-14/h4-7,14H,2-3,8H2,1H3,(H2,12,13). The van der Waals surface area contributed by atoms with Crippen LogP contribution in [0.1, 0.15) is 25.3 Å². The molecule has 1 aromatic carbocycles. The largest absolute Gasteiger partial charge is 0.409 e. The van der Waals surface area contributed by atoms with Crippen molar-refractivity contribution in [1.29, 1.82) is 0 Å². The average Bonchev–Trinajstić information content (AvgIpc) is 2.29. The quantitative estimate of drug-likeness (QED) is 0.202. The van der Waals surface area contributed by atoms with Crippen LogP contribution >= 0.6 is 11.8 Å². The van der Waals surface area contributed by atoms with Crippen molar-refractivity contribution >= 4 is 17.6 Å². The SMILES string of the molecule is CCCCSc1ccc(/C(N)=N/O)cc1. The molecule has 0 aliphatic carbocycles. The normalized spacial score (nSPS) is 11.7. The minimum Gasteiger partial charge on any atom is -0.409 e. The molecule has 0 amide bonds. The lowest BCUT2D eigenvalue weighted by Gasteiger charge is -2.02. The van der Waals surface area contributed by atoms with Crippen LogP contribution in [0.2, 0.25) is 0 Å². The van der Waals surface area contributed by atoms with E-state index in [2.05, 4.69) is 12.1 Å². The van der Waals surface area contributed by atoms with E-state index in [1.807, 2.05) is 36.0 Å². The summed E-state index contributed by atoms with van der Waals surface area (Å²) in [4.78, 5) is 1.22. The molecule has 0 heterocycles. The second-order valence-corrected chi connectivity index (χ2v) is 4.38. The van der Waals surface area contributed by atoms with E-state index in [1.165, 1.54) is 17.7 Å². The highest BCUT2D eigenvalue weighted by Gasteiger charge is 1.99. The van der Waals surface area contributed by atoms with Gasteiger partial charge in [0.15, 0.2) is 5.84 Å². The van der Waals surface area contributed by atoms with E-state index < -0.39 is 0 Å². The highest BCUT2D eigenvalue weighted by Crippen LogP contribution is 2.19. The molecule has 0 radical (unpaired) electrons. The van der Waals surface area contributed by atoms with Gasteiger partial charge in [0.25, 0.3) is 0 Å². The van der Waals surface area contributed by atoms with Gasteiger partial charge in [-0.3, -0.25) is 0 Å². The zero-order valence-electron chi connectivity index (χ0n) is 8.81. The van der Waals surface area contributed by atoms with Crippen molar-refractivity contribution in [3.8, 4) is 0 Å². The van der Waals surface area contributed by atoms with E-state index in [9.17, 15) is 0 Å². The number of amidine groups is 1. The molecule has 15 heavy (non-hydrogen) atoms. The topological polar surface area (TPSA) is 58.6 Å². The molecule has 0 fully saturated rings. The maximum Gasteiger partial charge on any atom is 0.170 e. The van der Waals surface area contributed by atoms with E-state index in [-0.39, 0.29) is 5.84 Å². The summed E-state index contributed by atoms with van der Waals surface area (Å²) in [6.07, 6.45) is 2.45. The van der Waals surface area contributed by atoms with Crippen molar-refractivity contribution in [2.75, 3.05) is 5.75 Å². The van der Waals surface area contributed by atoms with Crippen molar-refractivity contribution in [2.24, 2.45) is 10.9 Å². The van der Waals surface area contributed by atoms with Gasteiger partial charge in [-0.25, -0.2) is 0 Å². The third-order valence-corrected chi connectivity index (χ3v) is 3.12. The van der Waals surface area contributed by atoms with Crippen LogP contribution in [0.4, 0.5) is 0 Å². The molecule has 1 aromatic rings.